The maximum absolute atomic E-state index is 13.5. The van der Waals surface area contributed by atoms with Gasteiger partial charge in [-0.3, -0.25) is 0 Å². The van der Waals surface area contributed by atoms with E-state index in [0.717, 1.165) is 25.9 Å². The van der Waals surface area contributed by atoms with Crippen molar-refractivity contribution in [1.82, 2.24) is 10.0 Å². The number of sulfonamides is 1. The van der Waals surface area contributed by atoms with Crippen molar-refractivity contribution in [2.24, 2.45) is 0 Å². The summed E-state index contributed by atoms with van der Waals surface area (Å²) in [5.74, 6) is 0.709. The monoisotopic (exact) mass is 478 g/mol. The summed E-state index contributed by atoms with van der Waals surface area (Å²) in [7, 11) is -3.93. The molecule has 0 bridgehead atoms. The standard InChI is InChI=1S/C23H28ClN3O4S/c24-18-5-4-6-21(17-18)31-20-11-15-27(16-12-20,19-9-13-25-14-10-19)23(28)26-32(29,30)22-7-2-1-3-8-22/h1-8,17,19-20,25H,9-16H2/p+1. The Morgan fingerprint density at radius 2 is 1.69 bits per heavy atom. The lowest BCUT2D eigenvalue weighted by Gasteiger charge is -2.47. The molecule has 7 nitrogen and oxygen atoms in total. The fourth-order valence-electron chi connectivity index (χ4n) is 4.75. The number of urea groups is 1. The molecule has 2 aliphatic heterocycles. The summed E-state index contributed by atoms with van der Waals surface area (Å²) >= 11 is 6.06. The molecule has 2 aromatic carbocycles. The summed E-state index contributed by atoms with van der Waals surface area (Å²) in [6, 6.07) is 15.0. The van der Waals surface area contributed by atoms with Crippen LogP contribution in [0, 0.1) is 0 Å². The Kier molecular flexibility index (Phi) is 7.05. The highest BCUT2D eigenvalue weighted by Gasteiger charge is 2.49. The summed E-state index contributed by atoms with van der Waals surface area (Å²) < 4.78 is 34.3. The molecular weight excluding hydrogens is 450 g/mol. The van der Waals surface area contributed by atoms with Crippen molar-refractivity contribution in [3.8, 4) is 5.75 Å². The average molecular weight is 479 g/mol. The second-order valence-corrected chi connectivity index (χ2v) is 10.6. The van der Waals surface area contributed by atoms with E-state index in [0.29, 0.717) is 36.7 Å². The lowest BCUT2D eigenvalue weighted by atomic mass is 9.96. The maximum atomic E-state index is 13.5. The van der Waals surface area contributed by atoms with E-state index in [2.05, 4.69) is 10.0 Å². The van der Waals surface area contributed by atoms with Crippen LogP contribution in [0.5, 0.6) is 5.75 Å². The molecule has 0 radical (unpaired) electrons. The highest BCUT2D eigenvalue weighted by molar-refractivity contribution is 7.90. The Morgan fingerprint density at radius 3 is 2.34 bits per heavy atom. The van der Waals surface area contributed by atoms with Gasteiger partial charge in [0.2, 0.25) is 0 Å². The molecule has 32 heavy (non-hydrogen) atoms. The summed E-state index contributed by atoms with van der Waals surface area (Å²) in [6.45, 7) is 2.72. The van der Waals surface area contributed by atoms with Gasteiger partial charge in [0, 0.05) is 43.8 Å². The van der Waals surface area contributed by atoms with Crippen LogP contribution in [-0.2, 0) is 10.0 Å². The van der Waals surface area contributed by atoms with Crippen molar-refractivity contribution in [2.45, 2.75) is 42.7 Å². The van der Waals surface area contributed by atoms with Gasteiger partial charge in [0.25, 0.3) is 10.0 Å². The number of hydrogen-bond donors (Lipinski definition) is 2. The van der Waals surface area contributed by atoms with Gasteiger partial charge < -0.3 is 10.1 Å². The van der Waals surface area contributed by atoms with Crippen molar-refractivity contribution >= 4 is 27.7 Å². The molecule has 2 heterocycles. The molecule has 2 aromatic rings. The molecule has 0 spiro atoms. The zero-order valence-corrected chi connectivity index (χ0v) is 19.4. The SMILES string of the molecule is O=C(NS(=O)(=O)c1ccccc1)[N+]1(C2CCNCC2)CCC(Oc2cccc(Cl)c2)CC1. The van der Waals surface area contributed by atoms with Crippen molar-refractivity contribution < 1.29 is 22.4 Å². The van der Waals surface area contributed by atoms with Crippen LogP contribution in [0.15, 0.2) is 59.5 Å². The number of hydrogen-bond acceptors (Lipinski definition) is 5. The van der Waals surface area contributed by atoms with Crippen LogP contribution in [0.4, 0.5) is 4.79 Å². The van der Waals surface area contributed by atoms with Crippen molar-refractivity contribution in [3.05, 3.63) is 59.6 Å². The summed E-state index contributed by atoms with van der Waals surface area (Å²) in [6.07, 6.45) is 2.95. The second kappa shape index (κ2) is 9.79. The highest BCUT2D eigenvalue weighted by atomic mass is 35.5. The minimum atomic E-state index is -3.93. The molecule has 9 heteroatoms. The van der Waals surface area contributed by atoms with E-state index in [4.69, 9.17) is 16.3 Å². The van der Waals surface area contributed by atoms with Crippen LogP contribution in [0.3, 0.4) is 0 Å². The molecule has 2 fully saturated rings. The Hall–Kier alpha value is -2.13. The molecule has 0 aromatic heterocycles. The Bertz CT molecular complexity index is 1030. The normalized spacial score (nSPS) is 24.6. The first kappa shape index (κ1) is 23.0. The quantitative estimate of drug-likeness (QED) is 0.642. The number of nitrogens with one attached hydrogen (secondary N) is 2. The van der Waals surface area contributed by atoms with Crippen molar-refractivity contribution in [3.63, 3.8) is 0 Å². The van der Waals surface area contributed by atoms with Gasteiger partial charge in [-0.15, -0.1) is 0 Å². The number of likely N-dealkylation sites (tertiary alicyclic amines) is 1. The summed E-state index contributed by atoms with van der Waals surface area (Å²) in [5, 5.41) is 3.95. The number of amides is 2. The number of benzene rings is 2. The third-order valence-corrected chi connectivity index (χ3v) is 8.06. The zero-order chi connectivity index (χ0) is 22.6. The van der Waals surface area contributed by atoms with Gasteiger partial charge in [-0.05, 0) is 30.3 Å². The second-order valence-electron chi connectivity index (χ2n) is 8.46. The number of halogens is 1. The van der Waals surface area contributed by atoms with Gasteiger partial charge >= 0.3 is 6.03 Å². The van der Waals surface area contributed by atoms with Crippen LogP contribution in [0.25, 0.3) is 0 Å². The number of nitrogens with zero attached hydrogens (tertiary/aromatic N) is 1. The minimum Gasteiger partial charge on any atom is -0.490 e. The van der Waals surface area contributed by atoms with Gasteiger partial charge in [0.15, 0.2) is 0 Å². The third kappa shape index (κ3) is 5.09. The van der Waals surface area contributed by atoms with Crippen LogP contribution >= 0.6 is 11.6 Å². The maximum Gasteiger partial charge on any atom is 0.430 e. The summed E-state index contributed by atoms with van der Waals surface area (Å²) in [4.78, 5) is 13.6. The topological polar surface area (TPSA) is 84.5 Å². The first-order valence-corrected chi connectivity index (χ1v) is 12.9. The van der Waals surface area contributed by atoms with E-state index in [1.54, 1.807) is 30.3 Å². The summed E-state index contributed by atoms with van der Waals surface area (Å²) in [5.41, 5.74) is 0. The molecule has 2 aliphatic rings. The molecule has 2 saturated heterocycles. The molecule has 2 N–H and O–H groups in total. The minimum absolute atomic E-state index is 0.0417. The lowest BCUT2D eigenvalue weighted by Crippen LogP contribution is -2.68. The predicted octanol–water partition coefficient (Wildman–Crippen LogP) is 3.55. The van der Waals surface area contributed by atoms with E-state index in [1.807, 2.05) is 12.1 Å². The van der Waals surface area contributed by atoms with Gasteiger partial charge in [0.05, 0.1) is 24.0 Å². The van der Waals surface area contributed by atoms with E-state index < -0.39 is 16.1 Å². The van der Waals surface area contributed by atoms with Gasteiger partial charge in [0.1, 0.15) is 11.9 Å². The molecule has 0 saturated carbocycles. The Morgan fingerprint density at radius 1 is 1.00 bits per heavy atom. The first-order valence-electron chi connectivity index (χ1n) is 11.0. The average Bonchev–Trinajstić information content (AvgIpc) is 2.80. The number of carbonyl (C=O) groups is 1. The smallest absolute Gasteiger partial charge is 0.430 e. The molecule has 0 aliphatic carbocycles. The zero-order valence-electron chi connectivity index (χ0n) is 17.9. The number of ether oxygens (including phenoxy) is 1. The fraction of sp³-hybridized carbons (Fsp3) is 0.435. The Balaban J connectivity index is 1.51. The predicted molar refractivity (Wildman–Crippen MR) is 123 cm³/mol. The largest absolute Gasteiger partial charge is 0.490 e. The molecule has 0 atom stereocenters. The molecule has 2 amide bonds. The van der Waals surface area contributed by atoms with Gasteiger partial charge in [-0.1, -0.05) is 35.9 Å². The third-order valence-electron chi connectivity index (χ3n) is 6.49. The van der Waals surface area contributed by atoms with Crippen molar-refractivity contribution in [2.75, 3.05) is 26.2 Å². The number of piperidine rings is 2. The molecule has 172 valence electrons. The fourth-order valence-corrected chi connectivity index (χ4v) is 5.98. The van der Waals surface area contributed by atoms with E-state index >= 15 is 0 Å². The lowest BCUT2D eigenvalue weighted by molar-refractivity contribution is -0.882. The molecule has 4 rings (SSSR count). The van der Waals surface area contributed by atoms with Crippen LogP contribution in [0.2, 0.25) is 5.02 Å². The van der Waals surface area contributed by atoms with Gasteiger partial charge in [-0.2, -0.15) is 4.72 Å². The van der Waals surface area contributed by atoms with Crippen LogP contribution < -0.4 is 14.8 Å². The van der Waals surface area contributed by atoms with Crippen molar-refractivity contribution in [1.29, 1.82) is 0 Å². The van der Waals surface area contributed by atoms with E-state index in [9.17, 15) is 13.2 Å². The van der Waals surface area contributed by atoms with Crippen LogP contribution in [-0.4, -0.2) is 57.3 Å². The number of quaternary nitrogens is 1. The van der Waals surface area contributed by atoms with Crippen LogP contribution in [0.1, 0.15) is 25.7 Å². The van der Waals surface area contributed by atoms with E-state index in [1.165, 1.54) is 12.1 Å². The Labute approximate surface area is 194 Å². The van der Waals surface area contributed by atoms with Gasteiger partial charge in [-0.25, -0.2) is 17.7 Å². The number of rotatable bonds is 5. The first-order chi connectivity index (χ1) is 15.4. The number of carbonyl (C=O) groups excluding carboxylic acids is 1. The molecular formula is C23H29ClN3O4S+. The van der Waals surface area contributed by atoms with E-state index in [-0.39, 0.29) is 21.5 Å². The highest BCUT2D eigenvalue weighted by Crippen LogP contribution is 2.31. The molecule has 0 unspecified atom stereocenters.